The lowest BCUT2D eigenvalue weighted by molar-refractivity contribution is 0.433. The number of hydrogen-bond acceptors (Lipinski definition) is 3. The molecule has 4 heteroatoms. The maximum Gasteiger partial charge on any atom is 0.0842 e. The summed E-state index contributed by atoms with van der Waals surface area (Å²) < 4.78 is 2.16. The SMILES string of the molecule is Cc1cnn(C2CCC(C)C2)c1/C=N\N(C)C. The Bertz CT molecular complexity index is 406. The molecular formula is C13H22N4. The van der Waals surface area contributed by atoms with Crippen LogP contribution >= 0.6 is 0 Å². The molecule has 1 heterocycles. The Kier molecular flexibility index (Phi) is 3.50. The maximum absolute atomic E-state index is 4.52. The van der Waals surface area contributed by atoms with Crippen LogP contribution in [0.1, 0.15) is 43.5 Å². The molecule has 2 rings (SSSR count). The number of aromatic nitrogens is 2. The lowest BCUT2D eigenvalue weighted by atomic mass is 10.1. The number of nitrogens with zero attached hydrogens (tertiary/aromatic N) is 4. The number of rotatable bonds is 3. The molecule has 17 heavy (non-hydrogen) atoms. The number of hydrogen-bond donors (Lipinski definition) is 0. The third-order valence-corrected chi connectivity index (χ3v) is 3.45. The molecule has 0 N–H and O–H groups in total. The van der Waals surface area contributed by atoms with Crippen LogP contribution in [-0.4, -0.2) is 35.1 Å². The molecule has 1 aliphatic carbocycles. The van der Waals surface area contributed by atoms with Crippen molar-refractivity contribution in [3.05, 3.63) is 17.5 Å². The predicted octanol–water partition coefficient (Wildman–Crippen LogP) is 2.45. The Morgan fingerprint density at radius 1 is 1.47 bits per heavy atom. The summed E-state index contributed by atoms with van der Waals surface area (Å²) in [5.74, 6) is 0.822. The van der Waals surface area contributed by atoms with Gasteiger partial charge in [-0.2, -0.15) is 10.2 Å². The van der Waals surface area contributed by atoms with Gasteiger partial charge in [0.15, 0.2) is 0 Å². The quantitative estimate of drug-likeness (QED) is 0.594. The van der Waals surface area contributed by atoms with E-state index in [4.69, 9.17) is 0 Å². The Morgan fingerprint density at radius 3 is 2.82 bits per heavy atom. The molecule has 0 saturated heterocycles. The van der Waals surface area contributed by atoms with E-state index in [-0.39, 0.29) is 0 Å². The summed E-state index contributed by atoms with van der Waals surface area (Å²) in [6, 6.07) is 0.558. The van der Waals surface area contributed by atoms with Crippen molar-refractivity contribution in [3.8, 4) is 0 Å². The second-order valence-electron chi connectivity index (χ2n) is 5.32. The molecule has 1 aliphatic rings. The Labute approximate surface area is 103 Å². The summed E-state index contributed by atoms with van der Waals surface area (Å²) in [5, 5.41) is 10.7. The van der Waals surface area contributed by atoms with Crippen LogP contribution < -0.4 is 0 Å². The van der Waals surface area contributed by atoms with E-state index in [1.165, 1.54) is 24.8 Å². The molecule has 0 radical (unpaired) electrons. The monoisotopic (exact) mass is 234 g/mol. The lowest BCUT2D eigenvalue weighted by Gasteiger charge is -2.13. The van der Waals surface area contributed by atoms with Gasteiger partial charge in [-0.1, -0.05) is 6.92 Å². The van der Waals surface area contributed by atoms with Gasteiger partial charge in [-0.05, 0) is 37.7 Å². The van der Waals surface area contributed by atoms with Gasteiger partial charge in [0.25, 0.3) is 0 Å². The van der Waals surface area contributed by atoms with Gasteiger partial charge in [-0.3, -0.25) is 4.68 Å². The highest BCUT2D eigenvalue weighted by Gasteiger charge is 2.25. The Morgan fingerprint density at radius 2 is 2.24 bits per heavy atom. The first-order chi connectivity index (χ1) is 8.08. The average molecular weight is 234 g/mol. The summed E-state index contributed by atoms with van der Waals surface area (Å²) in [5.41, 5.74) is 2.35. The molecule has 94 valence electrons. The van der Waals surface area contributed by atoms with Gasteiger partial charge < -0.3 is 5.01 Å². The van der Waals surface area contributed by atoms with Crippen molar-refractivity contribution in [2.24, 2.45) is 11.0 Å². The number of hydrazone groups is 1. The first-order valence-electron chi connectivity index (χ1n) is 6.33. The molecule has 1 fully saturated rings. The van der Waals surface area contributed by atoms with Gasteiger partial charge in [0.1, 0.15) is 0 Å². The van der Waals surface area contributed by atoms with Crippen molar-refractivity contribution >= 4 is 6.21 Å². The van der Waals surface area contributed by atoms with Crippen LogP contribution in [0.5, 0.6) is 0 Å². The van der Waals surface area contributed by atoms with E-state index in [1.807, 2.05) is 31.5 Å². The molecule has 0 amide bonds. The largest absolute Gasteiger partial charge is 0.303 e. The van der Waals surface area contributed by atoms with Crippen molar-refractivity contribution in [2.45, 2.75) is 39.2 Å². The molecule has 0 aromatic carbocycles. The van der Waals surface area contributed by atoms with E-state index in [0.29, 0.717) is 6.04 Å². The maximum atomic E-state index is 4.52. The first kappa shape index (κ1) is 12.1. The molecule has 0 spiro atoms. The molecule has 2 atom stereocenters. The van der Waals surface area contributed by atoms with E-state index >= 15 is 0 Å². The highest BCUT2D eigenvalue weighted by molar-refractivity contribution is 5.79. The van der Waals surface area contributed by atoms with E-state index in [2.05, 4.69) is 28.7 Å². The molecule has 2 unspecified atom stereocenters. The molecule has 0 aliphatic heterocycles. The van der Waals surface area contributed by atoms with Crippen LogP contribution in [0, 0.1) is 12.8 Å². The zero-order chi connectivity index (χ0) is 12.4. The summed E-state index contributed by atoms with van der Waals surface area (Å²) in [4.78, 5) is 0. The summed E-state index contributed by atoms with van der Waals surface area (Å²) in [6.07, 6.45) is 7.66. The second-order valence-corrected chi connectivity index (χ2v) is 5.32. The fourth-order valence-electron chi connectivity index (χ4n) is 2.48. The zero-order valence-electron chi connectivity index (χ0n) is 11.2. The summed E-state index contributed by atoms with van der Waals surface area (Å²) >= 11 is 0. The van der Waals surface area contributed by atoms with E-state index in [0.717, 1.165) is 11.6 Å². The highest BCUT2D eigenvalue weighted by atomic mass is 15.4. The lowest BCUT2D eigenvalue weighted by Crippen LogP contribution is -2.12. The first-order valence-corrected chi connectivity index (χ1v) is 6.33. The minimum absolute atomic E-state index is 0.558. The molecule has 4 nitrogen and oxygen atoms in total. The van der Waals surface area contributed by atoms with Crippen molar-refractivity contribution in [1.82, 2.24) is 14.8 Å². The van der Waals surface area contributed by atoms with E-state index in [9.17, 15) is 0 Å². The van der Waals surface area contributed by atoms with Crippen LogP contribution in [0.4, 0.5) is 0 Å². The molecule has 1 aromatic rings. The highest BCUT2D eigenvalue weighted by Crippen LogP contribution is 2.34. The standard InChI is InChI=1S/C13H22N4/c1-10-5-6-12(7-10)17-13(9-14-16(3)4)11(2)8-15-17/h8-10,12H,5-7H2,1-4H3/b14-9-. The number of aryl methyl sites for hydroxylation is 1. The van der Waals surface area contributed by atoms with Gasteiger partial charge in [-0.25, -0.2) is 0 Å². The van der Waals surface area contributed by atoms with Crippen molar-refractivity contribution in [2.75, 3.05) is 14.1 Å². The van der Waals surface area contributed by atoms with E-state index < -0.39 is 0 Å². The molecule has 1 aromatic heterocycles. The van der Waals surface area contributed by atoms with Gasteiger partial charge in [0.05, 0.1) is 24.1 Å². The predicted molar refractivity (Wildman–Crippen MR) is 70.3 cm³/mol. The average Bonchev–Trinajstić information content (AvgIpc) is 2.82. The third-order valence-electron chi connectivity index (χ3n) is 3.45. The van der Waals surface area contributed by atoms with Crippen LogP contribution in [0.25, 0.3) is 0 Å². The van der Waals surface area contributed by atoms with Crippen LogP contribution in [0.2, 0.25) is 0 Å². The van der Waals surface area contributed by atoms with E-state index in [1.54, 1.807) is 0 Å². The normalized spacial score (nSPS) is 24.7. The fourth-order valence-corrected chi connectivity index (χ4v) is 2.48. The van der Waals surface area contributed by atoms with Crippen LogP contribution in [0.3, 0.4) is 0 Å². The van der Waals surface area contributed by atoms with Gasteiger partial charge >= 0.3 is 0 Å². The fraction of sp³-hybridized carbons (Fsp3) is 0.692. The van der Waals surface area contributed by atoms with Crippen molar-refractivity contribution in [3.63, 3.8) is 0 Å². The van der Waals surface area contributed by atoms with Crippen LogP contribution in [-0.2, 0) is 0 Å². The Hall–Kier alpha value is -1.32. The zero-order valence-corrected chi connectivity index (χ0v) is 11.2. The van der Waals surface area contributed by atoms with Crippen molar-refractivity contribution < 1.29 is 0 Å². The molecular weight excluding hydrogens is 212 g/mol. The smallest absolute Gasteiger partial charge is 0.0842 e. The van der Waals surface area contributed by atoms with Gasteiger partial charge in [0.2, 0.25) is 0 Å². The van der Waals surface area contributed by atoms with Gasteiger partial charge in [0, 0.05) is 14.1 Å². The second kappa shape index (κ2) is 4.90. The third kappa shape index (κ3) is 2.68. The molecule has 0 bridgehead atoms. The Balaban J connectivity index is 2.23. The topological polar surface area (TPSA) is 33.4 Å². The summed E-state index contributed by atoms with van der Waals surface area (Å²) in [6.45, 7) is 4.42. The molecule has 1 saturated carbocycles. The van der Waals surface area contributed by atoms with Crippen LogP contribution in [0.15, 0.2) is 11.3 Å². The van der Waals surface area contributed by atoms with Crippen molar-refractivity contribution in [1.29, 1.82) is 0 Å². The minimum atomic E-state index is 0.558. The van der Waals surface area contributed by atoms with Gasteiger partial charge in [-0.15, -0.1) is 0 Å². The minimum Gasteiger partial charge on any atom is -0.303 e. The summed E-state index contributed by atoms with van der Waals surface area (Å²) in [7, 11) is 3.87.